The molecule has 3 aromatic carbocycles. The summed E-state index contributed by atoms with van der Waals surface area (Å²) in [5, 5.41) is 26.3. The summed E-state index contributed by atoms with van der Waals surface area (Å²) in [6, 6.07) is 23.5. The van der Waals surface area contributed by atoms with Crippen LogP contribution in [-0.4, -0.2) is 49.8 Å². The molecule has 0 bridgehead atoms. The minimum atomic E-state index is 0.203. The van der Waals surface area contributed by atoms with Crippen molar-refractivity contribution in [3.8, 4) is 46.3 Å². The summed E-state index contributed by atoms with van der Waals surface area (Å²) >= 11 is 1.82. The molecule has 0 saturated heterocycles. The number of hydrogen-bond donors (Lipinski definition) is 2. The second-order valence-electron chi connectivity index (χ2n) is 10.3. The first-order valence-corrected chi connectivity index (χ1v) is 16.1. The zero-order valence-corrected chi connectivity index (χ0v) is 26.0. The lowest BCUT2D eigenvalue weighted by Crippen LogP contribution is -2.28. The van der Waals surface area contributed by atoms with Crippen molar-refractivity contribution >= 4 is 11.8 Å². The Morgan fingerprint density at radius 3 is 2.56 bits per heavy atom. The van der Waals surface area contributed by atoms with Crippen molar-refractivity contribution < 1.29 is 18.9 Å². The molecule has 1 aliphatic rings. The van der Waals surface area contributed by atoms with Crippen LogP contribution in [0.2, 0.25) is 0 Å². The van der Waals surface area contributed by atoms with Crippen LogP contribution in [0.15, 0.2) is 73.1 Å². The van der Waals surface area contributed by atoms with Gasteiger partial charge in [0, 0.05) is 67.1 Å². The maximum atomic E-state index is 10.1. The molecule has 4 aromatic rings. The second kappa shape index (κ2) is 16.4. The fourth-order valence-corrected chi connectivity index (χ4v) is 5.21. The van der Waals surface area contributed by atoms with Gasteiger partial charge in [0.15, 0.2) is 11.5 Å². The fourth-order valence-electron chi connectivity index (χ4n) is 4.86. The number of aromatic nitrogens is 1. The van der Waals surface area contributed by atoms with Gasteiger partial charge in [0.2, 0.25) is 0 Å². The van der Waals surface area contributed by atoms with Gasteiger partial charge in [0.1, 0.15) is 50.1 Å². The molecule has 0 atom stereocenters. The standard InChI is InChI=1S/C35H35N5O4S/c1-45-14-11-38-9-10-39-22-28-5-7-30(17-34(28)44-23-26-15-25(18-36)20-40-21-26)43-24-29-3-2-4-31(32(29)19-37)27-6-8-33-35(16-27)42-13-12-41-33/h2-8,15-17,20-21,38-39H,9-14,22-24H2,1H3. The normalized spacial score (nSPS) is 11.8. The van der Waals surface area contributed by atoms with Gasteiger partial charge in [-0.15, -0.1) is 0 Å². The Morgan fingerprint density at radius 1 is 0.844 bits per heavy atom. The van der Waals surface area contributed by atoms with E-state index < -0.39 is 0 Å². The lowest BCUT2D eigenvalue weighted by Gasteiger charge is -2.19. The summed E-state index contributed by atoms with van der Waals surface area (Å²) in [6.07, 6.45) is 5.32. The molecule has 0 spiro atoms. The van der Waals surface area contributed by atoms with Crippen LogP contribution in [0.25, 0.3) is 11.1 Å². The molecule has 10 heteroatoms. The Balaban J connectivity index is 1.30. The first-order valence-electron chi connectivity index (χ1n) is 14.7. The van der Waals surface area contributed by atoms with Gasteiger partial charge in [-0.25, -0.2) is 0 Å². The molecular formula is C35H35N5O4S. The zero-order valence-electron chi connectivity index (χ0n) is 25.2. The Morgan fingerprint density at radius 2 is 1.71 bits per heavy atom. The molecule has 1 aromatic heterocycles. The third-order valence-electron chi connectivity index (χ3n) is 7.14. The van der Waals surface area contributed by atoms with Crippen LogP contribution in [0.4, 0.5) is 0 Å². The highest BCUT2D eigenvalue weighted by Gasteiger charge is 2.16. The highest BCUT2D eigenvalue weighted by molar-refractivity contribution is 7.98. The number of ether oxygens (including phenoxy) is 4. The molecule has 0 amide bonds. The van der Waals surface area contributed by atoms with Crippen molar-refractivity contribution in [3.05, 3.63) is 101 Å². The predicted molar refractivity (Wildman–Crippen MR) is 175 cm³/mol. The summed E-state index contributed by atoms with van der Waals surface area (Å²) in [7, 11) is 0. The Labute approximate surface area is 268 Å². The molecular weight excluding hydrogens is 586 g/mol. The molecule has 45 heavy (non-hydrogen) atoms. The van der Waals surface area contributed by atoms with Gasteiger partial charge in [-0.2, -0.15) is 22.3 Å². The van der Waals surface area contributed by atoms with Crippen molar-refractivity contribution in [3.63, 3.8) is 0 Å². The molecule has 0 radical (unpaired) electrons. The van der Waals surface area contributed by atoms with Crippen molar-refractivity contribution in [2.24, 2.45) is 0 Å². The molecule has 0 fully saturated rings. The maximum Gasteiger partial charge on any atom is 0.161 e. The van der Waals surface area contributed by atoms with Crippen molar-refractivity contribution in [2.75, 3.05) is 44.9 Å². The minimum absolute atomic E-state index is 0.203. The summed E-state index contributed by atoms with van der Waals surface area (Å²) in [6.45, 7) is 4.76. The van der Waals surface area contributed by atoms with Crippen LogP contribution in [0.3, 0.4) is 0 Å². The van der Waals surface area contributed by atoms with E-state index in [0.29, 0.717) is 53.9 Å². The van der Waals surface area contributed by atoms with Crippen molar-refractivity contribution in [1.29, 1.82) is 10.5 Å². The van der Waals surface area contributed by atoms with Crippen LogP contribution in [0.5, 0.6) is 23.0 Å². The smallest absolute Gasteiger partial charge is 0.161 e. The first kappa shape index (κ1) is 31.7. The number of pyridine rings is 1. The highest BCUT2D eigenvalue weighted by atomic mass is 32.2. The maximum absolute atomic E-state index is 10.1. The summed E-state index contributed by atoms with van der Waals surface area (Å²) in [4.78, 5) is 4.14. The molecule has 5 rings (SSSR count). The van der Waals surface area contributed by atoms with Crippen LogP contribution in [0, 0.1) is 22.7 Å². The Kier molecular flexibility index (Phi) is 11.5. The van der Waals surface area contributed by atoms with Crippen molar-refractivity contribution in [2.45, 2.75) is 19.8 Å². The van der Waals surface area contributed by atoms with E-state index in [1.807, 2.05) is 66.4 Å². The number of nitrogens with one attached hydrogen (secondary N) is 2. The number of benzene rings is 3. The molecule has 0 saturated carbocycles. The van der Waals surface area contributed by atoms with E-state index in [-0.39, 0.29) is 13.2 Å². The van der Waals surface area contributed by atoms with Crippen LogP contribution in [0.1, 0.15) is 27.8 Å². The number of thioether (sulfide) groups is 1. The van der Waals surface area contributed by atoms with Gasteiger partial charge < -0.3 is 29.6 Å². The first-order chi connectivity index (χ1) is 22.2. The van der Waals surface area contributed by atoms with E-state index in [1.54, 1.807) is 12.3 Å². The zero-order chi connectivity index (χ0) is 31.3. The molecule has 230 valence electrons. The van der Waals surface area contributed by atoms with Gasteiger partial charge in [0.25, 0.3) is 0 Å². The van der Waals surface area contributed by atoms with E-state index in [4.69, 9.17) is 18.9 Å². The fraction of sp³-hybridized carbons (Fsp3) is 0.286. The molecule has 2 heterocycles. The summed E-state index contributed by atoms with van der Waals surface area (Å²) < 4.78 is 23.9. The van der Waals surface area contributed by atoms with E-state index in [9.17, 15) is 10.5 Å². The number of rotatable bonds is 15. The van der Waals surface area contributed by atoms with Crippen LogP contribution in [-0.2, 0) is 19.8 Å². The molecule has 9 nitrogen and oxygen atoms in total. The van der Waals surface area contributed by atoms with E-state index in [1.165, 1.54) is 6.20 Å². The van der Waals surface area contributed by atoms with Crippen LogP contribution < -0.4 is 29.6 Å². The van der Waals surface area contributed by atoms with Gasteiger partial charge >= 0.3 is 0 Å². The van der Waals surface area contributed by atoms with Crippen molar-refractivity contribution in [1.82, 2.24) is 15.6 Å². The Bertz CT molecular complexity index is 1680. The summed E-state index contributed by atoms with van der Waals surface area (Å²) in [5.41, 5.74) is 5.25. The summed E-state index contributed by atoms with van der Waals surface area (Å²) in [5.74, 6) is 3.75. The van der Waals surface area contributed by atoms with Gasteiger partial charge in [-0.1, -0.05) is 30.3 Å². The van der Waals surface area contributed by atoms with Gasteiger partial charge in [0.05, 0.1) is 11.1 Å². The van der Waals surface area contributed by atoms with E-state index >= 15 is 0 Å². The number of nitrogens with zero attached hydrogens (tertiary/aromatic N) is 3. The van der Waals surface area contributed by atoms with E-state index in [2.05, 4.69) is 34.0 Å². The third kappa shape index (κ3) is 8.68. The quantitative estimate of drug-likeness (QED) is 0.166. The average Bonchev–Trinajstić information content (AvgIpc) is 3.09. The van der Waals surface area contributed by atoms with Gasteiger partial charge in [-0.3, -0.25) is 4.98 Å². The largest absolute Gasteiger partial charge is 0.489 e. The number of hydrogen-bond acceptors (Lipinski definition) is 10. The molecule has 0 aliphatic carbocycles. The second-order valence-corrected chi connectivity index (χ2v) is 11.3. The topological polar surface area (TPSA) is 121 Å². The predicted octanol–water partition coefficient (Wildman–Crippen LogP) is 5.46. The number of fused-ring (bicyclic) bond motifs is 1. The number of nitriles is 2. The Hall–Kier alpha value is -4.74. The van der Waals surface area contributed by atoms with E-state index in [0.717, 1.165) is 53.2 Å². The monoisotopic (exact) mass is 621 g/mol. The molecule has 0 unspecified atom stereocenters. The molecule has 1 aliphatic heterocycles. The highest BCUT2D eigenvalue weighted by Crippen LogP contribution is 2.36. The average molecular weight is 622 g/mol. The molecule has 2 N–H and O–H groups in total. The van der Waals surface area contributed by atoms with Gasteiger partial charge in [-0.05, 0) is 41.6 Å². The van der Waals surface area contributed by atoms with Crippen LogP contribution >= 0.6 is 11.8 Å². The lowest BCUT2D eigenvalue weighted by atomic mass is 9.96. The SMILES string of the molecule is CSCCNCCNCc1ccc(OCc2cccc(-c3ccc4c(c3)OCCO4)c2C#N)cc1OCc1cncc(C#N)c1. The third-order valence-corrected chi connectivity index (χ3v) is 7.76. The minimum Gasteiger partial charge on any atom is -0.489 e. The lowest BCUT2D eigenvalue weighted by molar-refractivity contribution is 0.171.